The number of ether oxygens (including phenoxy) is 1. The number of pyridine rings is 1. The maximum absolute atomic E-state index is 14.5. The lowest BCUT2D eigenvalue weighted by atomic mass is 10.0. The summed E-state index contributed by atoms with van der Waals surface area (Å²) in [5.74, 6) is -1.04. The number of piperazine rings is 1. The summed E-state index contributed by atoms with van der Waals surface area (Å²) in [5.41, 5.74) is 2.73. The molecule has 1 aromatic carbocycles. The molecule has 0 bridgehead atoms. The van der Waals surface area contributed by atoms with Crippen LogP contribution in [0.15, 0.2) is 30.5 Å². The van der Waals surface area contributed by atoms with Crippen molar-refractivity contribution in [1.29, 1.82) is 0 Å². The number of rotatable bonds is 5. The minimum absolute atomic E-state index is 0.182. The van der Waals surface area contributed by atoms with Gasteiger partial charge in [-0.05, 0) is 24.6 Å². The number of amides is 3. The monoisotopic (exact) mass is 467 g/mol. The summed E-state index contributed by atoms with van der Waals surface area (Å²) in [6, 6.07) is 5.87. The highest BCUT2D eigenvalue weighted by molar-refractivity contribution is 6.06. The Labute approximate surface area is 196 Å². The smallest absolute Gasteiger partial charge is 0.255 e. The number of nitrogens with one attached hydrogen (secondary N) is 1. The number of hydrogen-bond acceptors (Lipinski definition) is 7. The first-order valence-electron chi connectivity index (χ1n) is 11.4. The number of methoxy groups -OCH3 is 1. The minimum Gasteiger partial charge on any atom is -0.481 e. The molecular formula is C24H26FN5O4. The normalized spacial score (nSPS) is 21.0. The highest BCUT2D eigenvalue weighted by Gasteiger charge is 2.41. The molecular weight excluding hydrogens is 441 g/mol. The van der Waals surface area contributed by atoms with Crippen LogP contribution in [0.5, 0.6) is 5.88 Å². The quantitative estimate of drug-likeness (QED) is 0.663. The molecule has 1 aromatic heterocycles. The fourth-order valence-electron chi connectivity index (χ4n) is 5.01. The third kappa shape index (κ3) is 4.09. The van der Waals surface area contributed by atoms with E-state index in [2.05, 4.69) is 20.1 Å². The summed E-state index contributed by atoms with van der Waals surface area (Å²) in [7, 11) is 1.60. The maximum atomic E-state index is 14.5. The molecule has 3 amide bonds. The van der Waals surface area contributed by atoms with Crippen LogP contribution in [0.25, 0.3) is 0 Å². The van der Waals surface area contributed by atoms with Crippen molar-refractivity contribution in [2.24, 2.45) is 0 Å². The molecule has 1 atom stereocenters. The molecule has 2 aromatic rings. The van der Waals surface area contributed by atoms with Gasteiger partial charge in [-0.25, -0.2) is 9.37 Å². The number of halogens is 1. The van der Waals surface area contributed by atoms with E-state index < -0.39 is 17.8 Å². The van der Waals surface area contributed by atoms with Crippen LogP contribution in [0.3, 0.4) is 0 Å². The van der Waals surface area contributed by atoms with E-state index in [9.17, 15) is 18.8 Å². The van der Waals surface area contributed by atoms with Gasteiger partial charge in [0.05, 0.1) is 7.11 Å². The Morgan fingerprint density at radius 3 is 2.71 bits per heavy atom. The van der Waals surface area contributed by atoms with E-state index in [0.29, 0.717) is 36.8 Å². The van der Waals surface area contributed by atoms with E-state index in [1.807, 2.05) is 12.1 Å². The Balaban J connectivity index is 1.31. The van der Waals surface area contributed by atoms with Crippen molar-refractivity contribution in [1.82, 2.24) is 20.1 Å². The second-order valence-corrected chi connectivity index (χ2v) is 8.79. The van der Waals surface area contributed by atoms with E-state index >= 15 is 0 Å². The van der Waals surface area contributed by atoms with Gasteiger partial charge in [-0.2, -0.15) is 0 Å². The lowest BCUT2D eigenvalue weighted by molar-refractivity contribution is -0.136. The fraction of sp³-hybridized carbons (Fsp3) is 0.417. The number of anilines is 1. The first kappa shape index (κ1) is 22.3. The predicted molar refractivity (Wildman–Crippen MR) is 121 cm³/mol. The second kappa shape index (κ2) is 9.02. The van der Waals surface area contributed by atoms with Gasteiger partial charge in [-0.15, -0.1) is 0 Å². The summed E-state index contributed by atoms with van der Waals surface area (Å²) in [5, 5.41) is 2.30. The fourth-order valence-corrected chi connectivity index (χ4v) is 5.01. The Hall–Kier alpha value is -3.53. The van der Waals surface area contributed by atoms with Crippen LogP contribution in [-0.4, -0.2) is 71.8 Å². The van der Waals surface area contributed by atoms with E-state index in [-0.39, 0.29) is 31.2 Å². The van der Waals surface area contributed by atoms with Gasteiger partial charge in [0, 0.05) is 74.3 Å². The van der Waals surface area contributed by atoms with E-state index in [4.69, 9.17) is 4.74 Å². The molecule has 0 radical (unpaired) electrons. The average molecular weight is 468 g/mol. The van der Waals surface area contributed by atoms with E-state index in [0.717, 1.165) is 24.2 Å². The molecule has 2 fully saturated rings. The van der Waals surface area contributed by atoms with Crippen LogP contribution in [0.1, 0.15) is 34.3 Å². The van der Waals surface area contributed by atoms with Crippen molar-refractivity contribution in [3.8, 4) is 5.88 Å². The van der Waals surface area contributed by atoms with Crippen LogP contribution in [0.2, 0.25) is 0 Å². The lowest BCUT2D eigenvalue weighted by Gasteiger charge is -2.37. The molecule has 9 nitrogen and oxygen atoms in total. The SMILES string of the molecule is COc1ncccc1CN1CCN(c2cc(F)cc3c2CN(C2CCC(=O)NC2=O)C3=O)CC1. The summed E-state index contributed by atoms with van der Waals surface area (Å²) < 4.78 is 19.9. The molecule has 3 aliphatic rings. The molecule has 34 heavy (non-hydrogen) atoms. The molecule has 5 rings (SSSR count). The number of carbonyl (C=O) groups is 3. The number of carbonyl (C=O) groups excluding carboxylic acids is 3. The van der Waals surface area contributed by atoms with Gasteiger partial charge < -0.3 is 14.5 Å². The first-order chi connectivity index (χ1) is 16.4. The third-order valence-electron chi connectivity index (χ3n) is 6.75. The van der Waals surface area contributed by atoms with Gasteiger partial charge in [0.25, 0.3) is 5.91 Å². The summed E-state index contributed by atoms with van der Waals surface area (Å²) in [6.07, 6.45) is 2.16. The highest BCUT2D eigenvalue weighted by atomic mass is 19.1. The average Bonchev–Trinajstić information content (AvgIpc) is 3.15. The van der Waals surface area contributed by atoms with Crippen LogP contribution in [0.4, 0.5) is 10.1 Å². The molecule has 10 heteroatoms. The Morgan fingerprint density at radius 2 is 1.97 bits per heavy atom. The number of piperidine rings is 1. The summed E-state index contributed by atoms with van der Waals surface area (Å²) in [4.78, 5) is 47.0. The van der Waals surface area contributed by atoms with Gasteiger partial charge in [0.15, 0.2) is 0 Å². The number of hydrogen-bond donors (Lipinski definition) is 1. The molecule has 0 spiro atoms. The molecule has 1 N–H and O–H groups in total. The van der Waals surface area contributed by atoms with Gasteiger partial charge in [0.2, 0.25) is 17.7 Å². The summed E-state index contributed by atoms with van der Waals surface area (Å²) >= 11 is 0. The third-order valence-corrected chi connectivity index (χ3v) is 6.75. The molecule has 0 aliphatic carbocycles. The standard InChI is InChI=1S/C24H26FN5O4/c1-34-23-15(3-2-6-26-23)13-28-7-9-29(10-8-28)20-12-16(25)11-17-18(20)14-30(24(17)33)19-4-5-21(31)27-22(19)32/h2-3,6,11-12,19H,4-5,7-10,13-14H2,1H3,(H,27,31,32). The van der Waals surface area contributed by atoms with Crippen molar-refractivity contribution in [2.75, 3.05) is 38.2 Å². The van der Waals surface area contributed by atoms with Crippen molar-refractivity contribution in [3.63, 3.8) is 0 Å². The zero-order chi connectivity index (χ0) is 23.8. The van der Waals surface area contributed by atoms with Gasteiger partial charge in [0.1, 0.15) is 11.9 Å². The zero-order valence-electron chi connectivity index (χ0n) is 18.9. The number of fused-ring (bicyclic) bond motifs is 1. The number of benzene rings is 1. The number of aromatic nitrogens is 1. The van der Waals surface area contributed by atoms with Crippen molar-refractivity contribution in [3.05, 3.63) is 53.0 Å². The molecule has 2 saturated heterocycles. The molecule has 4 heterocycles. The van der Waals surface area contributed by atoms with E-state index in [1.54, 1.807) is 13.3 Å². The van der Waals surface area contributed by atoms with E-state index in [1.165, 1.54) is 17.0 Å². The minimum atomic E-state index is -0.722. The molecule has 0 saturated carbocycles. The molecule has 1 unspecified atom stereocenters. The lowest BCUT2D eigenvalue weighted by Crippen LogP contribution is -2.52. The zero-order valence-corrected chi connectivity index (χ0v) is 18.9. The largest absolute Gasteiger partial charge is 0.481 e. The Bertz CT molecular complexity index is 1150. The number of nitrogens with zero attached hydrogens (tertiary/aromatic N) is 4. The highest BCUT2D eigenvalue weighted by Crippen LogP contribution is 2.35. The first-order valence-corrected chi connectivity index (χ1v) is 11.4. The second-order valence-electron chi connectivity index (χ2n) is 8.79. The molecule has 178 valence electrons. The summed E-state index contributed by atoms with van der Waals surface area (Å²) in [6.45, 7) is 3.79. The molecule has 3 aliphatic heterocycles. The van der Waals surface area contributed by atoms with Gasteiger partial charge in [-0.3, -0.25) is 24.6 Å². The van der Waals surface area contributed by atoms with Gasteiger partial charge in [-0.1, -0.05) is 6.07 Å². The Morgan fingerprint density at radius 1 is 1.18 bits per heavy atom. The van der Waals surface area contributed by atoms with Crippen molar-refractivity contribution in [2.45, 2.75) is 32.0 Å². The van der Waals surface area contributed by atoms with Crippen LogP contribution in [0, 0.1) is 5.82 Å². The van der Waals surface area contributed by atoms with Crippen molar-refractivity contribution < 1.29 is 23.5 Å². The van der Waals surface area contributed by atoms with Crippen LogP contribution in [-0.2, 0) is 22.7 Å². The van der Waals surface area contributed by atoms with Crippen molar-refractivity contribution >= 4 is 23.4 Å². The maximum Gasteiger partial charge on any atom is 0.255 e. The topological polar surface area (TPSA) is 95.1 Å². The van der Waals surface area contributed by atoms with Gasteiger partial charge >= 0.3 is 0 Å². The van der Waals surface area contributed by atoms with Crippen LogP contribution >= 0.6 is 0 Å². The van der Waals surface area contributed by atoms with Crippen LogP contribution < -0.4 is 15.0 Å². The number of imide groups is 1. The Kier molecular flexibility index (Phi) is 5.91. The predicted octanol–water partition coefficient (Wildman–Crippen LogP) is 1.31.